The second kappa shape index (κ2) is 6.05. The first-order valence-electron chi connectivity index (χ1n) is 5.81. The first kappa shape index (κ1) is 13.5. The van der Waals surface area contributed by atoms with Crippen LogP contribution in [0.1, 0.15) is 53.9 Å². The molecule has 0 spiro atoms. The van der Waals surface area contributed by atoms with Crippen LogP contribution in [0.15, 0.2) is 0 Å². The number of hydrogen-bond donors (Lipinski definition) is 0. The molecule has 0 aromatic rings. The third-order valence-corrected chi connectivity index (χ3v) is 2.28. The average molecular weight is 199 g/mol. The fourth-order valence-electron chi connectivity index (χ4n) is 1.57. The Kier molecular flexibility index (Phi) is 5.82. The summed E-state index contributed by atoms with van der Waals surface area (Å²) in [5, 5.41) is 0. The van der Waals surface area contributed by atoms with E-state index in [4.69, 9.17) is 0 Å². The Hall–Kier alpha value is -0.530. The third kappa shape index (κ3) is 4.12. The molecular formula is C12H25NO. The van der Waals surface area contributed by atoms with Gasteiger partial charge in [0, 0.05) is 18.5 Å². The van der Waals surface area contributed by atoms with Crippen LogP contribution in [0.2, 0.25) is 0 Å². The van der Waals surface area contributed by atoms with Crippen molar-refractivity contribution in [2.75, 3.05) is 13.1 Å². The molecule has 84 valence electrons. The first-order chi connectivity index (χ1) is 6.52. The topological polar surface area (TPSA) is 20.3 Å². The van der Waals surface area contributed by atoms with E-state index >= 15 is 0 Å². The number of carbonyl (C=O) groups is 1. The molecular weight excluding hydrogens is 174 g/mol. The number of hydrogen-bond acceptors (Lipinski definition) is 1. The Morgan fingerprint density at radius 1 is 1.00 bits per heavy atom. The van der Waals surface area contributed by atoms with Gasteiger partial charge < -0.3 is 4.90 Å². The molecule has 0 aliphatic carbocycles. The summed E-state index contributed by atoms with van der Waals surface area (Å²) in [6, 6.07) is 0. The molecule has 2 heteroatoms. The van der Waals surface area contributed by atoms with E-state index in [2.05, 4.69) is 0 Å². The predicted molar refractivity (Wildman–Crippen MR) is 61.2 cm³/mol. The van der Waals surface area contributed by atoms with Gasteiger partial charge in [0.25, 0.3) is 0 Å². The van der Waals surface area contributed by atoms with E-state index in [-0.39, 0.29) is 5.41 Å². The molecule has 1 rings (SSSR count). The zero-order valence-electron chi connectivity index (χ0n) is 10.4. The fraction of sp³-hybridized carbons (Fsp3) is 0.917. The highest BCUT2D eigenvalue weighted by molar-refractivity contribution is 5.81. The summed E-state index contributed by atoms with van der Waals surface area (Å²) < 4.78 is 0. The second-order valence-corrected chi connectivity index (χ2v) is 4.60. The molecule has 0 unspecified atom stereocenters. The lowest BCUT2D eigenvalue weighted by molar-refractivity contribution is -0.140. The lowest BCUT2D eigenvalue weighted by Crippen LogP contribution is -2.42. The van der Waals surface area contributed by atoms with Crippen LogP contribution in [0.25, 0.3) is 0 Å². The molecule has 1 heterocycles. The van der Waals surface area contributed by atoms with E-state index in [0.29, 0.717) is 5.91 Å². The maximum absolute atomic E-state index is 11.7. The molecule has 1 aliphatic rings. The fourth-order valence-corrected chi connectivity index (χ4v) is 1.57. The minimum Gasteiger partial charge on any atom is -0.342 e. The van der Waals surface area contributed by atoms with Gasteiger partial charge in [-0.15, -0.1) is 0 Å². The van der Waals surface area contributed by atoms with E-state index in [0.717, 1.165) is 13.1 Å². The number of likely N-dealkylation sites (tertiary alicyclic amines) is 1. The summed E-state index contributed by atoms with van der Waals surface area (Å²) in [4.78, 5) is 13.7. The van der Waals surface area contributed by atoms with Gasteiger partial charge in [0.05, 0.1) is 0 Å². The minimum absolute atomic E-state index is 0.197. The van der Waals surface area contributed by atoms with Crippen molar-refractivity contribution in [3.63, 3.8) is 0 Å². The van der Waals surface area contributed by atoms with E-state index in [1.54, 1.807) is 0 Å². The highest BCUT2D eigenvalue weighted by atomic mass is 16.2. The van der Waals surface area contributed by atoms with Gasteiger partial charge in [-0.25, -0.2) is 0 Å². The van der Waals surface area contributed by atoms with Crippen LogP contribution >= 0.6 is 0 Å². The van der Waals surface area contributed by atoms with Gasteiger partial charge in [-0.1, -0.05) is 34.6 Å². The minimum atomic E-state index is -0.197. The second-order valence-electron chi connectivity index (χ2n) is 4.60. The molecule has 0 aromatic heterocycles. The van der Waals surface area contributed by atoms with E-state index in [1.807, 2.05) is 39.5 Å². The summed E-state index contributed by atoms with van der Waals surface area (Å²) in [5.74, 6) is 0.308. The van der Waals surface area contributed by atoms with Crippen LogP contribution in [0.5, 0.6) is 0 Å². The Morgan fingerprint density at radius 3 is 1.79 bits per heavy atom. The Balaban J connectivity index is 0.000000791. The molecule has 0 N–H and O–H groups in total. The summed E-state index contributed by atoms with van der Waals surface area (Å²) in [6.45, 7) is 11.9. The van der Waals surface area contributed by atoms with Crippen molar-refractivity contribution in [2.24, 2.45) is 5.41 Å². The molecule has 1 amide bonds. The van der Waals surface area contributed by atoms with E-state index in [1.165, 1.54) is 19.3 Å². The monoisotopic (exact) mass is 199 g/mol. The quantitative estimate of drug-likeness (QED) is 0.587. The van der Waals surface area contributed by atoms with Gasteiger partial charge in [-0.2, -0.15) is 0 Å². The van der Waals surface area contributed by atoms with Crippen LogP contribution in [-0.4, -0.2) is 23.9 Å². The van der Waals surface area contributed by atoms with Crippen LogP contribution < -0.4 is 0 Å². The van der Waals surface area contributed by atoms with E-state index in [9.17, 15) is 4.79 Å². The van der Waals surface area contributed by atoms with Crippen LogP contribution in [0, 0.1) is 5.41 Å². The summed E-state index contributed by atoms with van der Waals surface area (Å²) in [6.07, 6.45) is 3.65. The Labute approximate surface area is 88.7 Å². The molecule has 0 radical (unpaired) electrons. The van der Waals surface area contributed by atoms with Crippen molar-refractivity contribution in [1.29, 1.82) is 0 Å². The summed E-state index contributed by atoms with van der Waals surface area (Å²) >= 11 is 0. The molecule has 14 heavy (non-hydrogen) atoms. The number of nitrogens with zero attached hydrogens (tertiary/aromatic N) is 1. The van der Waals surface area contributed by atoms with Crippen molar-refractivity contribution in [1.82, 2.24) is 4.90 Å². The highest BCUT2D eigenvalue weighted by Crippen LogP contribution is 2.20. The van der Waals surface area contributed by atoms with E-state index < -0.39 is 0 Å². The standard InChI is InChI=1S/C10H19NO.C2H6/c1-10(2,3)9(12)11-7-5-4-6-8-11;1-2/h4-8H2,1-3H3;1-2H3. The van der Waals surface area contributed by atoms with Crippen LogP contribution in [-0.2, 0) is 4.79 Å². The smallest absolute Gasteiger partial charge is 0.227 e. The molecule has 1 saturated heterocycles. The van der Waals surface area contributed by atoms with Crippen LogP contribution in [0.3, 0.4) is 0 Å². The van der Waals surface area contributed by atoms with Gasteiger partial charge in [-0.3, -0.25) is 4.79 Å². The van der Waals surface area contributed by atoms with Gasteiger partial charge in [-0.05, 0) is 19.3 Å². The maximum atomic E-state index is 11.7. The zero-order chi connectivity index (χ0) is 11.2. The average Bonchev–Trinajstić information content (AvgIpc) is 2.20. The highest BCUT2D eigenvalue weighted by Gasteiger charge is 2.27. The SMILES string of the molecule is CC.CC(C)(C)C(=O)N1CCCCC1. The lowest BCUT2D eigenvalue weighted by Gasteiger charge is -2.32. The lowest BCUT2D eigenvalue weighted by atomic mass is 9.93. The Bertz CT molecular complexity index is 164. The normalized spacial score (nSPS) is 17.1. The third-order valence-electron chi connectivity index (χ3n) is 2.28. The molecule has 0 atom stereocenters. The molecule has 0 saturated carbocycles. The number of amides is 1. The molecule has 0 bridgehead atoms. The van der Waals surface area contributed by atoms with Crippen molar-refractivity contribution in [3.8, 4) is 0 Å². The van der Waals surface area contributed by atoms with Gasteiger partial charge >= 0.3 is 0 Å². The van der Waals surface area contributed by atoms with Crippen molar-refractivity contribution in [2.45, 2.75) is 53.9 Å². The van der Waals surface area contributed by atoms with Crippen molar-refractivity contribution in [3.05, 3.63) is 0 Å². The molecule has 1 aliphatic heterocycles. The summed E-state index contributed by atoms with van der Waals surface area (Å²) in [5.41, 5.74) is -0.197. The number of carbonyl (C=O) groups excluding carboxylic acids is 1. The number of piperidine rings is 1. The largest absolute Gasteiger partial charge is 0.342 e. The first-order valence-corrected chi connectivity index (χ1v) is 5.81. The van der Waals surface area contributed by atoms with Crippen molar-refractivity contribution < 1.29 is 4.79 Å². The summed E-state index contributed by atoms with van der Waals surface area (Å²) in [7, 11) is 0. The molecule has 2 nitrogen and oxygen atoms in total. The molecule has 1 fully saturated rings. The van der Waals surface area contributed by atoms with Gasteiger partial charge in [0.15, 0.2) is 0 Å². The zero-order valence-corrected chi connectivity index (χ0v) is 10.4. The van der Waals surface area contributed by atoms with Gasteiger partial charge in [0.1, 0.15) is 0 Å². The number of rotatable bonds is 0. The predicted octanol–water partition coefficient (Wildman–Crippen LogP) is 3.07. The Morgan fingerprint density at radius 2 is 1.43 bits per heavy atom. The van der Waals surface area contributed by atoms with Crippen molar-refractivity contribution >= 4 is 5.91 Å². The van der Waals surface area contributed by atoms with Crippen LogP contribution in [0.4, 0.5) is 0 Å². The van der Waals surface area contributed by atoms with Gasteiger partial charge in [0.2, 0.25) is 5.91 Å². The maximum Gasteiger partial charge on any atom is 0.227 e. The molecule has 0 aromatic carbocycles.